The number of aromatic nitrogens is 2. The number of carboxylic acid groups (broad SMARTS) is 1. The van der Waals surface area contributed by atoms with Crippen molar-refractivity contribution in [2.45, 2.75) is 30.7 Å². The average Bonchev–Trinajstić information content (AvgIpc) is 3.16. The number of nitrogens with zero attached hydrogens (tertiary/aromatic N) is 3. The van der Waals surface area contributed by atoms with Gasteiger partial charge in [-0.15, -0.1) is 0 Å². The molecule has 1 aromatic heterocycles. The number of rotatable bonds is 4. The summed E-state index contributed by atoms with van der Waals surface area (Å²) in [6.07, 6.45) is 3.20. The van der Waals surface area contributed by atoms with Gasteiger partial charge in [0, 0.05) is 24.8 Å². The first-order chi connectivity index (χ1) is 11.3. The normalized spacial score (nSPS) is 18.8. The lowest BCUT2D eigenvalue weighted by molar-refractivity contribution is 0.0696. The van der Waals surface area contributed by atoms with Crippen LogP contribution in [0.15, 0.2) is 35.4 Å². The monoisotopic (exact) mass is 349 g/mol. The summed E-state index contributed by atoms with van der Waals surface area (Å²) >= 11 is 0. The van der Waals surface area contributed by atoms with Crippen molar-refractivity contribution in [3.8, 4) is 0 Å². The molecule has 1 aliphatic rings. The Balaban J connectivity index is 2.01. The van der Waals surface area contributed by atoms with Gasteiger partial charge in [-0.3, -0.25) is 4.68 Å². The van der Waals surface area contributed by atoms with E-state index in [4.69, 9.17) is 5.11 Å². The van der Waals surface area contributed by atoms with Crippen LogP contribution in [0.4, 0.5) is 0 Å². The highest BCUT2D eigenvalue weighted by Crippen LogP contribution is 2.37. The predicted octanol–water partition coefficient (Wildman–Crippen LogP) is 1.95. The van der Waals surface area contributed by atoms with Crippen molar-refractivity contribution in [1.29, 1.82) is 0 Å². The number of carbonyl (C=O) groups is 1. The maximum atomic E-state index is 13.0. The molecule has 0 bridgehead atoms. The van der Waals surface area contributed by atoms with Gasteiger partial charge in [0.1, 0.15) is 0 Å². The largest absolute Gasteiger partial charge is 0.478 e. The van der Waals surface area contributed by atoms with Gasteiger partial charge < -0.3 is 5.11 Å². The third-order valence-corrected chi connectivity index (χ3v) is 6.43. The van der Waals surface area contributed by atoms with E-state index >= 15 is 0 Å². The summed E-state index contributed by atoms with van der Waals surface area (Å²) in [5.41, 5.74) is 1.79. The molecule has 0 saturated carbocycles. The Hall–Kier alpha value is -2.19. The van der Waals surface area contributed by atoms with E-state index in [0.717, 1.165) is 24.1 Å². The van der Waals surface area contributed by atoms with Gasteiger partial charge in [-0.25, -0.2) is 13.2 Å². The van der Waals surface area contributed by atoms with Gasteiger partial charge in [0.15, 0.2) is 0 Å². The fourth-order valence-electron chi connectivity index (χ4n) is 3.11. The fourth-order valence-corrected chi connectivity index (χ4v) is 4.83. The van der Waals surface area contributed by atoms with Crippen molar-refractivity contribution < 1.29 is 18.3 Å². The van der Waals surface area contributed by atoms with Crippen LogP contribution < -0.4 is 0 Å². The molecule has 0 radical (unpaired) electrons. The molecule has 24 heavy (non-hydrogen) atoms. The minimum atomic E-state index is -3.77. The van der Waals surface area contributed by atoms with Crippen LogP contribution in [0.2, 0.25) is 0 Å². The van der Waals surface area contributed by atoms with E-state index in [-0.39, 0.29) is 16.5 Å². The summed E-state index contributed by atoms with van der Waals surface area (Å²) < 4.78 is 29.2. The van der Waals surface area contributed by atoms with Gasteiger partial charge in [0.2, 0.25) is 10.0 Å². The number of aryl methyl sites for hydroxylation is 1. The van der Waals surface area contributed by atoms with Crippen LogP contribution in [0.25, 0.3) is 0 Å². The molecule has 1 atom stereocenters. The molecule has 1 aromatic carbocycles. The summed E-state index contributed by atoms with van der Waals surface area (Å²) in [6.45, 7) is 2.33. The van der Waals surface area contributed by atoms with E-state index < -0.39 is 16.0 Å². The molecule has 0 amide bonds. The zero-order chi connectivity index (χ0) is 17.5. The number of hydrogen-bond donors (Lipinski definition) is 1. The lowest BCUT2D eigenvalue weighted by Crippen LogP contribution is -2.31. The zero-order valence-corrected chi connectivity index (χ0v) is 14.3. The third-order valence-electron chi connectivity index (χ3n) is 4.52. The molecular weight excluding hydrogens is 330 g/mol. The highest BCUT2D eigenvalue weighted by molar-refractivity contribution is 7.89. The summed E-state index contributed by atoms with van der Waals surface area (Å²) in [5.74, 6) is -1.15. The van der Waals surface area contributed by atoms with Gasteiger partial charge in [0.05, 0.1) is 22.7 Å². The molecule has 1 unspecified atom stereocenters. The Bertz CT molecular complexity index is 888. The summed E-state index contributed by atoms with van der Waals surface area (Å²) in [4.78, 5) is 11.1. The SMILES string of the molecule is Cc1c(C2CCCN2S(=O)(=O)c2cccc(C(=O)O)c2)cnn1C. The van der Waals surface area contributed by atoms with Crippen LogP contribution in [0.5, 0.6) is 0 Å². The number of aromatic carboxylic acids is 1. The van der Waals surface area contributed by atoms with Crippen LogP contribution >= 0.6 is 0 Å². The molecule has 2 aromatic rings. The number of benzene rings is 1. The second-order valence-electron chi connectivity index (χ2n) is 5.92. The van der Waals surface area contributed by atoms with Crippen LogP contribution in [-0.4, -0.2) is 40.1 Å². The van der Waals surface area contributed by atoms with E-state index in [2.05, 4.69) is 5.10 Å². The number of sulfonamides is 1. The Morgan fingerprint density at radius 1 is 1.38 bits per heavy atom. The Morgan fingerprint density at radius 3 is 2.75 bits per heavy atom. The minimum absolute atomic E-state index is 0.0100. The van der Waals surface area contributed by atoms with Crippen molar-refractivity contribution in [2.75, 3.05) is 6.54 Å². The smallest absolute Gasteiger partial charge is 0.335 e. The summed E-state index contributed by atoms with van der Waals surface area (Å²) in [6, 6.07) is 5.22. The molecular formula is C16H19N3O4S. The molecule has 1 N–H and O–H groups in total. The molecule has 7 nitrogen and oxygen atoms in total. The molecule has 1 aliphatic heterocycles. The number of hydrogen-bond acceptors (Lipinski definition) is 4. The molecule has 0 aliphatic carbocycles. The first-order valence-corrected chi connectivity index (χ1v) is 9.10. The van der Waals surface area contributed by atoms with Crippen molar-refractivity contribution in [3.63, 3.8) is 0 Å². The quantitative estimate of drug-likeness (QED) is 0.911. The molecule has 1 fully saturated rings. The van der Waals surface area contributed by atoms with Gasteiger partial charge in [-0.1, -0.05) is 6.07 Å². The first-order valence-electron chi connectivity index (χ1n) is 7.66. The van der Waals surface area contributed by atoms with Crippen molar-refractivity contribution in [2.24, 2.45) is 7.05 Å². The standard InChI is InChI=1S/C16H19N3O4S/c1-11-14(10-17-18(11)2)15-7-4-8-19(15)24(22,23)13-6-3-5-12(9-13)16(20)21/h3,5-6,9-10,15H,4,7-8H2,1-2H3,(H,20,21). The maximum Gasteiger partial charge on any atom is 0.335 e. The Morgan fingerprint density at radius 2 is 2.12 bits per heavy atom. The molecule has 2 heterocycles. The Kier molecular flexibility index (Phi) is 4.18. The zero-order valence-electron chi connectivity index (χ0n) is 13.5. The average molecular weight is 349 g/mol. The Labute approximate surface area is 140 Å². The van der Waals surface area contributed by atoms with Crippen LogP contribution in [0.1, 0.15) is 40.5 Å². The van der Waals surface area contributed by atoms with Crippen LogP contribution in [0.3, 0.4) is 0 Å². The second-order valence-corrected chi connectivity index (χ2v) is 7.81. The second kappa shape index (κ2) is 6.03. The van der Waals surface area contributed by atoms with Crippen molar-refractivity contribution in [3.05, 3.63) is 47.3 Å². The lowest BCUT2D eigenvalue weighted by atomic mass is 10.1. The summed E-state index contributed by atoms with van der Waals surface area (Å²) in [5, 5.41) is 13.3. The van der Waals surface area contributed by atoms with E-state index in [1.54, 1.807) is 10.9 Å². The number of carboxylic acids is 1. The topological polar surface area (TPSA) is 92.5 Å². The van der Waals surface area contributed by atoms with E-state index in [1.807, 2.05) is 14.0 Å². The first kappa shape index (κ1) is 16.7. The van der Waals surface area contributed by atoms with E-state index in [9.17, 15) is 13.2 Å². The predicted molar refractivity (Wildman–Crippen MR) is 87.2 cm³/mol. The highest BCUT2D eigenvalue weighted by atomic mass is 32.2. The van der Waals surface area contributed by atoms with Gasteiger partial charge in [-0.2, -0.15) is 9.40 Å². The van der Waals surface area contributed by atoms with Crippen LogP contribution in [-0.2, 0) is 17.1 Å². The van der Waals surface area contributed by atoms with E-state index in [1.165, 1.54) is 28.6 Å². The fraction of sp³-hybridized carbons (Fsp3) is 0.375. The molecule has 0 spiro atoms. The van der Waals surface area contributed by atoms with Gasteiger partial charge in [0.25, 0.3) is 0 Å². The highest BCUT2D eigenvalue weighted by Gasteiger charge is 2.37. The molecule has 3 rings (SSSR count). The third kappa shape index (κ3) is 2.71. The van der Waals surface area contributed by atoms with Crippen molar-refractivity contribution in [1.82, 2.24) is 14.1 Å². The summed E-state index contributed by atoms with van der Waals surface area (Å²) in [7, 11) is -1.94. The molecule has 1 saturated heterocycles. The maximum absolute atomic E-state index is 13.0. The lowest BCUT2D eigenvalue weighted by Gasteiger charge is -2.24. The minimum Gasteiger partial charge on any atom is -0.478 e. The molecule has 128 valence electrons. The van der Waals surface area contributed by atoms with Gasteiger partial charge in [-0.05, 0) is 38.0 Å². The van der Waals surface area contributed by atoms with Crippen LogP contribution in [0, 0.1) is 6.92 Å². The van der Waals surface area contributed by atoms with Gasteiger partial charge >= 0.3 is 5.97 Å². The van der Waals surface area contributed by atoms with E-state index in [0.29, 0.717) is 6.54 Å². The van der Waals surface area contributed by atoms with Crippen molar-refractivity contribution >= 4 is 16.0 Å². The molecule has 8 heteroatoms.